The van der Waals surface area contributed by atoms with Crippen LogP contribution in [0.1, 0.15) is 44.9 Å². The normalized spacial score (nSPS) is 18.9. The van der Waals surface area contributed by atoms with Crippen molar-refractivity contribution in [2.24, 2.45) is 11.8 Å². The van der Waals surface area contributed by atoms with Gasteiger partial charge in [-0.25, -0.2) is 0 Å². The molecule has 3 rings (SSSR count). The maximum atomic E-state index is 12.7. The van der Waals surface area contributed by atoms with Crippen molar-refractivity contribution in [3.05, 3.63) is 12.3 Å². The van der Waals surface area contributed by atoms with Gasteiger partial charge in [0, 0.05) is 18.5 Å². The van der Waals surface area contributed by atoms with Crippen LogP contribution in [0.2, 0.25) is 0 Å². The van der Waals surface area contributed by atoms with Crippen LogP contribution in [-0.2, 0) is 9.59 Å². The molecule has 1 aromatic heterocycles. The number of aromatic nitrogens is 1. The highest BCUT2D eigenvalue weighted by Gasteiger charge is 2.32. The van der Waals surface area contributed by atoms with E-state index in [2.05, 4.69) is 10.5 Å². The number of carbonyl (C=O) groups is 2. The van der Waals surface area contributed by atoms with Crippen molar-refractivity contribution in [2.75, 3.05) is 18.4 Å². The van der Waals surface area contributed by atoms with Gasteiger partial charge in [-0.05, 0) is 31.6 Å². The van der Waals surface area contributed by atoms with E-state index in [-0.39, 0.29) is 24.3 Å². The summed E-state index contributed by atoms with van der Waals surface area (Å²) in [5.41, 5.74) is 0. The molecule has 0 bridgehead atoms. The van der Waals surface area contributed by atoms with Gasteiger partial charge in [-0.2, -0.15) is 0 Å². The molecule has 0 saturated heterocycles. The van der Waals surface area contributed by atoms with Crippen LogP contribution in [0.15, 0.2) is 16.9 Å². The first kappa shape index (κ1) is 15.1. The van der Waals surface area contributed by atoms with Crippen LogP contribution in [0.4, 0.5) is 5.82 Å². The molecule has 2 amide bonds. The first-order valence-electron chi connectivity index (χ1n) is 8.21. The fourth-order valence-electron chi connectivity index (χ4n) is 3.09. The molecule has 1 aromatic rings. The molecule has 0 aromatic carbocycles. The largest absolute Gasteiger partial charge is 0.363 e. The van der Waals surface area contributed by atoms with Gasteiger partial charge in [0.2, 0.25) is 11.8 Å². The van der Waals surface area contributed by atoms with Crippen LogP contribution in [0.25, 0.3) is 0 Å². The number of rotatable bonds is 6. The van der Waals surface area contributed by atoms with E-state index in [1.807, 2.05) is 0 Å². The Labute approximate surface area is 130 Å². The highest BCUT2D eigenvalue weighted by molar-refractivity contribution is 5.94. The second-order valence-corrected chi connectivity index (χ2v) is 6.43. The molecule has 0 radical (unpaired) electrons. The second-order valence-electron chi connectivity index (χ2n) is 6.43. The van der Waals surface area contributed by atoms with Crippen LogP contribution in [0, 0.1) is 11.8 Å². The van der Waals surface area contributed by atoms with Crippen molar-refractivity contribution in [2.45, 2.75) is 44.9 Å². The van der Waals surface area contributed by atoms with E-state index in [0.29, 0.717) is 18.3 Å². The van der Waals surface area contributed by atoms with Crippen LogP contribution >= 0.6 is 0 Å². The molecule has 0 spiro atoms. The average Bonchev–Trinajstić information content (AvgIpc) is 3.21. The Hall–Kier alpha value is -1.85. The van der Waals surface area contributed by atoms with Gasteiger partial charge in [0.25, 0.3) is 0 Å². The van der Waals surface area contributed by atoms with Gasteiger partial charge in [0.1, 0.15) is 6.26 Å². The van der Waals surface area contributed by atoms with E-state index in [1.54, 1.807) is 11.0 Å². The second kappa shape index (κ2) is 6.94. The molecule has 22 heavy (non-hydrogen) atoms. The van der Waals surface area contributed by atoms with Crippen molar-refractivity contribution >= 4 is 17.6 Å². The summed E-state index contributed by atoms with van der Waals surface area (Å²) in [4.78, 5) is 26.6. The first-order chi connectivity index (χ1) is 10.7. The molecule has 0 atom stereocenters. The Morgan fingerprint density at radius 1 is 1.23 bits per heavy atom. The number of carbonyl (C=O) groups excluding carboxylic acids is 2. The zero-order chi connectivity index (χ0) is 15.4. The predicted molar refractivity (Wildman–Crippen MR) is 81.0 cm³/mol. The first-order valence-corrected chi connectivity index (χ1v) is 8.21. The van der Waals surface area contributed by atoms with Crippen LogP contribution < -0.4 is 5.32 Å². The lowest BCUT2D eigenvalue weighted by Crippen LogP contribution is -2.43. The van der Waals surface area contributed by atoms with Gasteiger partial charge in [-0.15, -0.1) is 0 Å². The van der Waals surface area contributed by atoms with Crippen molar-refractivity contribution in [1.82, 2.24) is 10.1 Å². The van der Waals surface area contributed by atoms with Crippen LogP contribution in [0.5, 0.6) is 0 Å². The zero-order valence-corrected chi connectivity index (χ0v) is 12.8. The van der Waals surface area contributed by atoms with E-state index in [0.717, 1.165) is 25.7 Å². The summed E-state index contributed by atoms with van der Waals surface area (Å²) in [6, 6.07) is 1.59. The van der Waals surface area contributed by atoms with Crippen LogP contribution in [-0.4, -0.2) is 35.0 Å². The van der Waals surface area contributed by atoms with Gasteiger partial charge >= 0.3 is 0 Å². The summed E-state index contributed by atoms with van der Waals surface area (Å²) in [6.07, 6.45) is 9.13. The number of nitrogens with zero attached hydrogens (tertiary/aromatic N) is 2. The fraction of sp³-hybridized carbons (Fsp3) is 0.688. The minimum absolute atomic E-state index is 0.104. The van der Waals surface area contributed by atoms with E-state index in [9.17, 15) is 9.59 Å². The highest BCUT2D eigenvalue weighted by atomic mass is 16.5. The van der Waals surface area contributed by atoms with Crippen molar-refractivity contribution < 1.29 is 14.1 Å². The Bertz CT molecular complexity index is 505. The summed E-state index contributed by atoms with van der Waals surface area (Å²) >= 11 is 0. The van der Waals surface area contributed by atoms with Gasteiger partial charge in [0.15, 0.2) is 5.82 Å². The highest BCUT2D eigenvalue weighted by Crippen LogP contribution is 2.31. The molecule has 6 nitrogen and oxygen atoms in total. The lowest BCUT2D eigenvalue weighted by atomic mass is 9.88. The third-order valence-electron chi connectivity index (χ3n) is 4.48. The van der Waals surface area contributed by atoms with Crippen molar-refractivity contribution in [3.63, 3.8) is 0 Å². The Kier molecular flexibility index (Phi) is 4.75. The van der Waals surface area contributed by atoms with Gasteiger partial charge in [-0.3, -0.25) is 9.59 Å². The summed E-state index contributed by atoms with van der Waals surface area (Å²) in [6.45, 7) is 0.820. The van der Waals surface area contributed by atoms with Gasteiger partial charge in [0.05, 0.1) is 6.54 Å². The Morgan fingerprint density at radius 3 is 2.64 bits per heavy atom. The lowest BCUT2D eigenvalue weighted by molar-refractivity contribution is -0.139. The molecule has 0 unspecified atom stereocenters. The Balaban J connectivity index is 1.58. The predicted octanol–water partition coefficient (Wildman–Crippen LogP) is 2.43. The smallest absolute Gasteiger partial charge is 0.245 e. The number of anilines is 1. The summed E-state index contributed by atoms with van der Waals surface area (Å²) < 4.78 is 4.69. The maximum Gasteiger partial charge on any atom is 0.245 e. The summed E-state index contributed by atoms with van der Waals surface area (Å²) in [7, 11) is 0. The molecule has 2 aliphatic carbocycles. The molecule has 0 aliphatic heterocycles. The molecule has 1 heterocycles. The van der Waals surface area contributed by atoms with Gasteiger partial charge < -0.3 is 14.7 Å². The minimum Gasteiger partial charge on any atom is -0.363 e. The molecular weight excluding hydrogens is 282 g/mol. The molecule has 2 aliphatic rings. The van der Waals surface area contributed by atoms with E-state index in [1.165, 1.54) is 25.5 Å². The molecule has 1 N–H and O–H groups in total. The molecular formula is C16H23N3O3. The molecule has 2 saturated carbocycles. The molecule has 6 heteroatoms. The minimum atomic E-state index is -0.210. The zero-order valence-electron chi connectivity index (χ0n) is 12.8. The van der Waals surface area contributed by atoms with Crippen molar-refractivity contribution in [1.29, 1.82) is 0 Å². The maximum absolute atomic E-state index is 12.7. The number of hydrogen-bond donors (Lipinski definition) is 1. The van der Waals surface area contributed by atoms with E-state index >= 15 is 0 Å². The Morgan fingerprint density at radius 2 is 2.00 bits per heavy atom. The summed E-state index contributed by atoms with van der Waals surface area (Å²) in [5, 5.41) is 6.33. The SMILES string of the molecule is O=C(CN(CC1CC1)C(=O)C1CCCCC1)Nc1ccon1. The van der Waals surface area contributed by atoms with Gasteiger partial charge in [-0.1, -0.05) is 24.4 Å². The molecule has 2 fully saturated rings. The number of amides is 2. The number of nitrogens with one attached hydrogen (secondary N) is 1. The lowest BCUT2D eigenvalue weighted by Gasteiger charge is -2.29. The fourth-order valence-corrected chi connectivity index (χ4v) is 3.09. The van der Waals surface area contributed by atoms with E-state index < -0.39 is 0 Å². The third kappa shape index (κ3) is 4.08. The average molecular weight is 305 g/mol. The van der Waals surface area contributed by atoms with Crippen LogP contribution in [0.3, 0.4) is 0 Å². The molecule has 120 valence electrons. The number of hydrogen-bond acceptors (Lipinski definition) is 4. The monoisotopic (exact) mass is 305 g/mol. The van der Waals surface area contributed by atoms with E-state index in [4.69, 9.17) is 4.52 Å². The van der Waals surface area contributed by atoms with Crippen molar-refractivity contribution in [3.8, 4) is 0 Å². The topological polar surface area (TPSA) is 75.4 Å². The summed E-state index contributed by atoms with van der Waals surface area (Å²) in [5.74, 6) is 1.02. The standard InChI is InChI=1S/C16H23N3O3/c20-15(17-14-8-9-22-18-14)11-19(10-12-6-7-12)16(21)13-4-2-1-3-5-13/h8-9,12-13H,1-7,10-11H2,(H,17,18,20). The quantitative estimate of drug-likeness (QED) is 0.876. The third-order valence-corrected chi connectivity index (χ3v) is 4.48.